The number of nitrogens with two attached hydrogens (primary N) is 2. The first kappa shape index (κ1) is 44.7. The van der Waals surface area contributed by atoms with Gasteiger partial charge in [-0.1, -0.05) is 35.5 Å². The summed E-state index contributed by atoms with van der Waals surface area (Å²) in [6.45, 7) is 14.3. The van der Waals surface area contributed by atoms with Crippen molar-refractivity contribution in [2.24, 2.45) is 16.5 Å². The zero-order valence-corrected chi connectivity index (χ0v) is 33.7. The highest BCUT2D eigenvalue weighted by Gasteiger charge is 2.32. The van der Waals surface area contributed by atoms with Gasteiger partial charge in [0, 0.05) is 38.3 Å². The molecule has 2 aromatic carbocycles. The second-order valence-corrected chi connectivity index (χ2v) is 15.8. The van der Waals surface area contributed by atoms with E-state index < -0.39 is 47.3 Å². The zero-order valence-electron chi connectivity index (χ0n) is 33.7. The van der Waals surface area contributed by atoms with E-state index in [1.54, 1.807) is 67.5 Å². The van der Waals surface area contributed by atoms with Crippen LogP contribution < -0.4 is 27.4 Å². The topological polar surface area (TPSA) is 246 Å². The number of carbonyl (C=O) groups is 4. The molecule has 16 nitrogen and oxygen atoms in total. The summed E-state index contributed by atoms with van der Waals surface area (Å²) in [6.07, 6.45) is -0.218. The minimum Gasteiger partial charge on any atom is -0.508 e. The van der Waals surface area contributed by atoms with E-state index in [2.05, 4.69) is 31.1 Å². The van der Waals surface area contributed by atoms with Gasteiger partial charge in [-0.15, -0.1) is 0 Å². The Hall–Kier alpha value is -5.67. The van der Waals surface area contributed by atoms with Gasteiger partial charge in [-0.25, -0.2) is 9.59 Å². The molecule has 3 amide bonds. The number of Topliss-reactive ketones (excluding diaryl/α,β-unsaturated/α-hetero) is 1. The maximum atomic E-state index is 14.5. The first-order valence-corrected chi connectivity index (χ1v) is 18.7. The number of nitrogens with one attached hydrogen (secondary N) is 3. The predicted octanol–water partition coefficient (Wildman–Crippen LogP) is 4.61. The van der Waals surface area contributed by atoms with Gasteiger partial charge >= 0.3 is 12.2 Å². The van der Waals surface area contributed by atoms with Gasteiger partial charge < -0.3 is 46.5 Å². The first-order valence-electron chi connectivity index (χ1n) is 18.7. The van der Waals surface area contributed by atoms with Gasteiger partial charge in [0.25, 0.3) is 0 Å². The molecule has 3 rings (SSSR count). The number of ether oxygens (including phenoxy) is 2. The van der Waals surface area contributed by atoms with E-state index in [9.17, 15) is 24.3 Å². The number of carbonyl (C=O) groups excluding carboxylic acids is 4. The van der Waals surface area contributed by atoms with Crippen LogP contribution in [-0.2, 0) is 31.9 Å². The molecule has 56 heavy (non-hydrogen) atoms. The van der Waals surface area contributed by atoms with E-state index >= 15 is 0 Å². The molecule has 3 atom stereocenters. The minimum absolute atomic E-state index is 0.000596. The van der Waals surface area contributed by atoms with Crippen LogP contribution >= 0.6 is 0 Å². The average molecular weight is 779 g/mol. The molecule has 0 radical (unpaired) electrons. The number of hydrogen-bond donors (Lipinski definition) is 6. The molecule has 8 N–H and O–H groups in total. The number of aliphatic imine (C=N–C) groups is 1. The van der Waals surface area contributed by atoms with Crippen molar-refractivity contribution in [3.05, 3.63) is 76.4 Å². The number of nitrogens with zero attached hydrogens (tertiary/aromatic N) is 3. The van der Waals surface area contributed by atoms with Crippen molar-refractivity contribution in [1.82, 2.24) is 26.1 Å². The molecule has 0 aliphatic carbocycles. The third-order valence-electron chi connectivity index (χ3n) is 8.40. The van der Waals surface area contributed by atoms with E-state index in [1.165, 1.54) is 0 Å². The Bertz CT molecular complexity index is 1790. The fraction of sp³-hybridized carbons (Fsp3) is 0.525. The van der Waals surface area contributed by atoms with Crippen LogP contribution in [0.5, 0.6) is 5.75 Å². The minimum atomic E-state index is -1.17. The number of guanidine groups is 1. The summed E-state index contributed by atoms with van der Waals surface area (Å²) in [7, 11) is 0. The van der Waals surface area contributed by atoms with Crippen molar-refractivity contribution < 1.29 is 38.3 Å². The van der Waals surface area contributed by atoms with Crippen LogP contribution in [0.3, 0.4) is 0 Å². The van der Waals surface area contributed by atoms with Gasteiger partial charge in [-0.05, 0) is 109 Å². The maximum Gasteiger partial charge on any atom is 0.408 e. The monoisotopic (exact) mass is 778 g/mol. The average Bonchev–Trinajstić information content (AvgIpc) is 3.53. The number of amides is 3. The molecule has 0 spiro atoms. The fourth-order valence-corrected chi connectivity index (χ4v) is 5.89. The van der Waals surface area contributed by atoms with Crippen LogP contribution in [0, 0.1) is 13.8 Å². The van der Waals surface area contributed by atoms with Crippen LogP contribution in [0.25, 0.3) is 0 Å². The SMILES string of the molecule is Cc1cc(O)cc(C)c1C[C@H](NC(=O)[C@H](CCN=C(N)N)NC(=O)OC(C)(C)C)C(=O)C[C@@H](CCCNC(=O)OC(C)(C)C)c1nc(Cc2ccccc2)no1. The van der Waals surface area contributed by atoms with E-state index in [-0.39, 0.29) is 55.7 Å². The number of phenols is 1. The number of benzene rings is 2. The Morgan fingerprint density at radius 3 is 2.12 bits per heavy atom. The first-order chi connectivity index (χ1) is 26.2. The van der Waals surface area contributed by atoms with Gasteiger partial charge in [0.2, 0.25) is 11.8 Å². The van der Waals surface area contributed by atoms with Gasteiger partial charge in [0.05, 0.1) is 6.04 Å². The van der Waals surface area contributed by atoms with Crippen molar-refractivity contribution in [2.45, 2.75) is 123 Å². The summed E-state index contributed by atoms with van der Waals surface area (Å²) in [6, 6.07) is 10.5. The fourth-order valence-electron chi connectivity index (χ4n) is 5.89. The molecule has 0 aliphatic rings. The molecule has 0 bridgehead atoms. The number of rotatable bonds is 18. The van der Waals surface area contributed by atoms with Crippen molar-refractivity contribution >= 4 is 29.8 Å². The van der Waals surface area contributed by atoms with E-state index in [0.717, 1.165) is 22.3 Å². The van der Waals surface area contributed by atoms with Crippen molar-refractivity contribution in [2.75, 3.05) is 13.1 Å². The molecule has 0 saturated carbocycles. The molecule has 0 aliphatic heterocycles. The van der Waals surface area contributed by atoms with E-state index in [4.69, 9.17) is 25.5 Å². The third kappa shape index (κ3) is 16.0. The molecular weight excluding hydrogens is 720 g/mol. The Balaban J connectivity index is 1.94. The third-order valence-corrected chi connectivity index (χ3v) is 8.40. The van der Waals surface area contributed by atoms with Crippen LogP contribution in [0.4, 0.5) is 9.59 Å². The van der Waals surface area contributed by atoms with Gasteiger partial charge in [-0.3, -0.25) is 14.6 Å². The van der Waals surface area contributed by atoms with E-state index in [0.29, 0.717) is 25.1 Å². The number of ketones is 1. The summed E-state index contributed by atoms with van der Waals surface area (Å²) >= 11 is 0. The number of aromatic hydroxyl groups is 1. The zero-order chi connectivity index (χ0) is 41.6. The molecule has 3 aromatic rings. The molecule has 1 aromatic heterocycles. The second kappa shape index (κ2) is 20.3. The molecule has 0 fully saturated rings. The molecule has 1 heterocycles. The number of phenolic OH excluding ortho intramolecular Hbond substituents is 1. The van der Waals surface area contributed by atoms with Crippen LogP contribution in [-0.4, -0.2) is 81.5 Å². The lowest BCUT2D eigenvalue weighted by molar-refractivity contribution is -0.129. The van der Waals surface area contributed by atoms with Crippen LogP contribution in [0.15, 0.2) is 52.0 Å². The summed E-state index contributed by atoms with van der Waals surface area (Å²) < 4.78 is 16.5. The number of aromatic nitrogens is 2. The second-order valence-electron chi connectivity index (χ2n) is 15.8. The summed E-state index contributed by atoms with van der Waals surface area (Å²) in [5.74, 6) is -1.03. The van der Waals surface area contributed by atoms with E-state index in [1.807, 2.05) is 30.3 Å². The van der Waals surface area contributed by atoms with Crippen molar-refractivity contribution in [3.63, 3.8) is 0 Å². The molecule has 0 unspecified atom stereocenters. The highest BCUT2D eigenvalue weighted by molar-refractivity contribution is 5.92. The summed E-state index contributed by atoms with van der Waals surface area (Å²) in [4.78, 5) is 62.2. The summed E-state index contributed by atoms with van der Waals surface area (Å²) in [5.41, 5.74) is 12.7. The van der Waals surface area contributed by atoms with Crippen molar-refractivity contribution in [3.8, 4) is 5.75 Å². The Kier molecular flexibility index (Phi) is 16.2. The normalized spacial score (nSPS) is 13.1. The van der Waals surface area contributed by atoms with Crippen molar-refractivity contribution in [1.29, 1.82) is 0 Å². The highest BCUT2D eigenvalue weighted by atomic mass is 16.6. The molecule has 306 valence electrons. The maximum absolute atomic E-state index is 14.5. The standard InChI is InChI=1S/C40H58N8O8/c1-24-19-28(49)20-25(2)29(24)23-31(45-34(51)30(16-18-43-36(41)42)46-38(53)55-40(6,7)8)32(50)22-27(15-12-17-44-37(52)54-39(3,4)5)35-47-33(48-56-35)21-26-13-10-9-11-14-26/h9-11,13-14,19-20,27,30-31,49H,12,15-18,21-23H2,1-8H3,(H,44,52)(H,45,51)(H,46,53)(H4,41,42,43)/t27-,30+,31+/m1/s1. The Morgan fingerprint density at radius 1 is 0.893 bits per heavy atom. The van der Waals surface area contributed by atoms with Gasteiger partial charge in [0.15, 0.2) is 17.6 Å². The van der Waals surface area contributed by atoms with Gasteiger partial charge in [-0.2, -0.15) is 4.98 Å². The molecule has 16 heteroatoms. The molecule has 0 saturated heterocycles. The number of alkyl carbamates (subject to hydrolysis) is 2. The largest absolute Gasteiger partial charge is 0.508 e. The predicted molar refractivity (Wildman–Crippen MR) is 211 cm³/mol. The van der Waals surface area contributed by atoms with Crippen LogP contribution in [0.1, 0.15) is 107 Å². The smallest absolute Gasteiger partial charge is 0.408 e. The Morgan fingerprint density at radius 2 is 1.52 bits per heavy atom. The lowest BCUT2D eigenvalue weighted by Crippen LogP contribution is -2.53. The quantitative estimate of drug-likeness (QED) is 0.0589. The number of aryl methyl sites for hydroxylation is 2. The number of hydrogen-bond acceptors (Lipinski definition) is 11. The molecular formula is C40H58N8O8. The summed E-state index contributed by atoms with van der Waals surface area (Å²) in [5, 5.41) is 22.6. The lowest BCUT2D eigenvalue weighted by Gasteiger charge is -2.26. The van der Waals surface area contributed by atoms with Gasteiger partial charge in [0.1, 0.15) is 23.0 Å². The highest BCUT2D eigenvalue weighted by Crippen LogP contribution is 2.27. The Labute approximate surface area is 328 Å². The lowest BCUT2D eigenvalue weighted by atomic mass is 9.89. The van der Waals surface area contributed by atoms with Crippen LogP contribution in [0.2, 0.25) is 0 Å².